The standard InChI is InChI=1S/C13H12FNO3/c1-3-17-13(16)11-12(18-8(2)15-11)9-4-6-10(14)7-5-9/h4-7H,3H2,1-2H3. The molecule has 1 aromatic heterocycles. The molecule has 2 rings (SSSR count). The van der Waals surface area contributed by atoms with E-state index in [2.05, 4.69) is 4.98 Å². The van der Waals surface area contributed by atoms with Gasteiger partial charge in [-0.2, -0.15) is 0 Å². The zero-order valence-corrected chi connectivity index (χ0v) is 10.1. The van der Waals surface area contributed by atoms with Crippen molar-refractivity contribution in [1.82, 2.24) is 4.98 Å². The second-order valence-electron chi connectivity index (χ2n) is 3.64. The fourth-order valence-electron chi connectivity index (χ4n) is 1.56. The summed E-state index contributed by atoms with van der Waals surface area (Å²) in [6, 6.07) is 5.64. The van der Waals surface area contributed by atoms with E-state index in [0.717, 1.165) is 0 Å². The average molecular weight is 249 g/mol. The number of benzene rings is 1. The van der Waals surface area contributed by atoms with Crippen LogP contribution in [0.4, 0.5) is 4.39 Å². The van der Waals surface area contributed by atoms with Crippen LogP contribution in [0, 0.1) is 12.7 Å². The molecular weight excluding hydrogens is 237 g/mol. The third-order valence-corrected chi connectivity index (χ3v) is 2.31. The molecule has 2 aromatic rings. The summed E-state index contributed by atoms with van der Waals surface area (Å²) in [4.78, 5) is 15.7. The first-order valence-electron chi connectivity index (χ1n) is 5.52. The number of halogens is 1. The van der Waals surface area contributed by atoms with E-state index in [0.29, 0.717) is 17.2 Å². The number of hydrogen-bond donors (Lipinski definition) is 0. The zero-order chi connectivity index (χ0) is 13.1. The number of hydrogen-bond acceptors (Lipinski definition) is 4. The summed E-state index contributed by atoms with van der Waals surface area (Å²) in [6.45, 7) is 3.60. The number of carbonyl (C=O) groups excluding carboxylic acids is 1. The SMILES string of the molecule is CCOC(=O)c1nc(C)oc1-c1ccc(F)cc1. The first-order chi connectivity index (χ1) is 8.61. The van der Waals surface area contributed by atoms with Crippen molar-refractivity contribution in [3.05, 3.63) is 41.7 Å². The van der Waals surface area contributed by atoms with Crippen LogP contribution in [-0.2, 0) is 4.74 Å². The fraction of sp³-hybridized carbons (Fsp3) is 0.231. The Balaban J connectivity index is 2.44. The average Bonchev–Trinajstić information content (AvgIpc) is 2.73. The van der Waals surface area contributed by atoms with Gasteiger partial charge in [-0.05, 0) is 31.2 Å². The molecule has 0 unspecified atom stereocenters. The molecule has 0 aliphatic rings. The lowest BCUT2D eigenvalue weighted by atomic mass is 10.1. The Labute approximate surface area is 103 Å². The second-order valence-corrected chi connectivity index (χ2v) is 3.64. The highest BCUT2D eigenvalue weighted by atomic mass is 19.1. The van der Waals surface area contributed by atoms with Gasteiger partial charge in [0.15, 0.2) is 17.3 Å². The van der Waals surface area contributed by atoms with Crippen molar-refractivity contribution in [3.8, 4) is 11.3 Å². The van der Waals surface area contributed by atoms with Crippen molar-refractivity contribution in [2.45, 2.75) is 13.8 Å². The third kappa shape index (κ3) is 2.40. The molecule has 0 saturated carbocycles. The Bertz CT molecular complexity index is 560. The van der Waals surface area contributed by atoms with Crippen LogP contribution in [0.15, 0.2) is 28.7 Å². The molecule has 0 saturated heterocycles. The van der Waals surface area contributed by atoms with Gasteiger partial charge in [-0.15, -0.1) is 0 Å². The van der Waals surface area contributed by atoms with Gasteiger partial charge in [0.05, 0.1) is 6.61 Å². The van der Waals surface area contributed by atoms with Gasteiger partial charge in [0.1, 0.15) is 5.82 Å². The molecule has 18 heavy (non-hydrogen) atoms. The summed E-state index contributed by atoms with van der Waals surface area (Å²) in [7, 11) is 0. The molecule has 0 N–H and O–H groups in total. The van der Waals surface area contributed by atoms with E-state index in [1.807, 2.05) is 0 Å². The molecule has 0 spiro atoms. The number of esters is 1. The van der Waals surface area contributed by atoms with Gasteiger partial charge in [-0.1, -0.05) is 0 Å². The lowest BCUT2D eigenvalue weighted by Gasteiger charge is -2.01. The van der Waals surface area contributed by atoms with Crippen molar-refractivity contribution in [2.75, 3.05) is 6.61 Å². The maximum atomic E-state index is 12.8. The molecular formula is C13H12FNO3. The number of aromatic nitrogens is 1. The summed E-state index contributed by atoms with van der Waals surface area (Å²) in [5.74, 6) is -0.246. The molecule has 0 amide bonds. The van der Waals surface area contributed by atoms with Gasteiger partial charge >= 0.3 is 5.97 Å². The van der Waals surface area contributed by atoms with Gasteiger partial charge in [-0.25, -0.2) is 14.2 Å². The monoisotopic (exact) mass is 249 g/mol. The third-order valence-electron chi connectivity index (χ3n) is 2.31. The summed E-state index contributed by atoms with van der Waals surface area (Å²) in [5.41, 5.74) is 0.695. The molecule has 0 atom stereocenters. The van der Waals surface area contributed by atoms with Gasteiger partial charge in [0.2, 0.25) is 0 Å². The Morgan fingerprint density at radius 2 is 2.06 bits per heavy atom. The van der Waals surface area contributed by atoms with Crippen LogP contribution in [0.3, 0.4) is 0 Å². The van der Waals surface area contributed by atoms with Crippen LogP contribution in [0.1, 0.15) is 23.3 Å². The molecule has 1 aromatic carbocycles. The lowest BCUT2D eigenvalue weighted by Crippen LogP contribution is -2.06. The number of rotatable bonds is 3. The van der Waals surface area contributed by atoms with Gasteiger partial charge in [0, 0.05) is 12.5 Å². The highest BCUT2D eigenvalue weighted by Crippen LogP contribution is 2.25. The predicted molar refractivity (Wildman–Crippen MR) is 62.6 cm³/mol. The minimum absolute atomic E-state index is 0.112. The predicted octanol–water partition coefficient (Wildman–Crippen LogP) is 2.97. The molecule has 0 aliphatic heterocycles. The molecule has 0 fully saturated rings. The molecule has 1 heterocycles. The number of nitrogens with zero attached hydrogens (tertiary/aromatic N) is 1. The van der Waals surface area contributed by atoms with Gasteiger partial charge < -0.3 is 9.15 Å². The van der Waals surface area contributed by atoms with Crippen LogP contribution in [0.2, 0.25) is 0 Å². The van der Waals surface area contributed by atoms with Crippen molar-refractivity contribution in [2.24, 2.45) is 0 Å². The smallest absolute Gasteiger partial charge is 0.360 e. The highest BCUT2D eigenvalue weighted by Gasteiger charge is 2.21. The van der Waals surface area contributed by atoms with Crippen LogP contribution in [-0.4, -0.2) is 17.6 Å². The molecule has 0 bridgehead atoms. The van der Waals surface area contributed by atoms with Gasteiger partial charge in [0.25, 0.3) is 0 Å². The Kier molecular flexibility index (Phi) is 3.41. The summed E-state index contributed by atoms with van der Waals surface area (Å²) in [6.07, 6.45) is 0. The van der Waals surface area contributed by atoms with Crippen molar-refractivity contribution in [3.63, 3.8) is 0 Å². The Hall–Kier alpha value is -2.17. The number of carbonyl (C=O) groups is 1. The van der Waals surface area contributed by atoms with Crippen molar-refractivity contribution in [1.29, 1.82) is 0 Å². The Morgan fingerprint density at radius 1 is 1.39 bits per heavy atom. The topological polar surface area (TPSA) is 52.3 Å². The number of aryl methyl sites for hydroxylation is 1. The quantitative estimate of drug-likeness (QED) is 0.785. The van der Waals surface area contributed by atoms with Crippen LogP contribution >= 0.6 is 0 Å². The maximum Gasteiger partial charge on any atom is 0.360 e. The molecule has 4 nitrogen and oxygen atoms in total. The van der Waals surface area contributed by atoms with E-state index in [4.69, 9.17) is 9.15 Å². The van der Waals surface area contributed by atoms with Crippen LogP contribution in [0.25, 0.3) is 11.3 Å². The molecule has 5 heteroatoms. The van der Waals surface area contributed by atoms with E-state index >= 15 is 0 Å². The molecule has 0 radical (unpaired) electrons. The van der Waals surface area contributed by atoms with E-state index in [9.17, 15) is 9.18 Å². The fourth-order valence-corrected chi connectivity index (χ4v) is 1.56. The first-order valence-corrected chi connectivity index (χ1v) is 5.52. The lowest BCUT2D eigenvalue weighted by molar-refractivity contribution is 0.0520. The highest BCUT2D eigenvalue weighted by molar-refractivity contribution is 5.93. The van der Waals surface area contributed by atoms with Gasteiger partial charge in [-0.3, -0.25) is 0 Å². The summed E-state index contributed by atoms with van der Waals surface area (Å²) in [5, 5.41) is 0. The van der Waals surface area contributed by atoms with E-state index in [1.165, 1.54) is 24.3 Å². The summed E-state index contributed by atoms with van der Waals surface area (Å²) >= 11 is 0. The first kappa shape index (κ1) is 12.3. The molecule has 0 aliphatic carbocycles. The largest absolute Gasteiger partial charge is 0.461 e. The van der Waals surface area contributed by atoms with E-state index < -0.39 is 5.97 Å². The minimum atomic E-state index is -0.548. The zero-order valence-electron chi connectivity index (χ0n) is 10.1. The maximum absolute atomic E-state index is 12.8. The van der Waals surface area contributed by atoms with Crippen molar-refractivity contribution >= 4 is 5.97 Å². The Morgan fingerprint density at radius 3 is 2.67 bits per heavy atom. The molecule has 94 valence electrons. The van der Waals surface area contributed by atoms with E-state index in [1.54, 1.807) is 13.8 Å². The van der Waals surface area contributed by atoms with Crippen molar-refractivity contribution < 1.29 is 18.3 Å². The minimum Gasteiger partial charge on any atom is -0.461 e. The number of oxazole rings is 1. The summed E-state index contributed by atoms with van der Waals surface area (Å²) < 4.78 is 23.1. The second kappa shape index (κ2) is 5.00. The normalized spacial score (nSPS) is 10.4. The van der Waals surface area contributed by atoms with E-state index in [-0.39, 0.29) is 18.1 Å². The number of ether oxygens (including phenoxy) is 1. The van der Waals surface area contributed by atoms with Crippen LogP contribution < -0.4 is 0 Å². The van der Waals surface area contributed by atoms with Crippen LogP contribution in [0.5, 0.6) is 0 Å².